The van der Waals surface area contributed by atoms with Crippen LogP contribution >= 0.6 is 0 Å². The highest BCUT2D eigenvalue weighted by Crippen LogP contribution is 2.35. The summed E-state index contributed by atoms with van der Waals surface area (Å²) >= 11 is 0. The van der Waals surface area contributed by atoms with Crippen LogP contribution in [0.1, 0.15) is 18.1 Å². The largest absolute Gasteiger partial charge is 0.382 e. The Kier molecular flexibility index (Phi) is 9.29. The first-order valence-corrected chi connectivity index (χ1v) is 13.1. The van der Waals surface area contributed by atoms with Crippen molar-refractivity contribution in [2.75, 3.05) is 50.3 Å². The second-order valence-corrected chi connectivity index (χ2v) is 9.62. The van der Waals surface area contributed by atoms with Gasteiger partial charge in [0.25, 0.3) is 11.8 Å². The van der Waals surface area contributed by atoms with Crippen LogP contribution in [-0.2, 0) is 30.4 Å². The number of benzene rings is 3. The Morgan fingerprint density at radius 2 is 1.74 bits per heavy atom. The molecule has 9 nitrogen and oxygen atoms in total. The quantitative estimate of drug-likeness (QED) is 0.390. The number of likely N-dealkylation sites (N-methyl/N-ethyl adjacent to an activating group) is 1. The molecule has 0 bridgehead atoms. The van der Waals surface area contributed by atoms with Crippen LogP contribution < -0.4 is 20.4 Å². The van der Waals surface area contributed by atoms with Crippen LogP contribution in [0.2, 0.25) is 0 Å². The minimum Gasteiger partial charge on any atom is -0.382 e. The molecule has 3 aromatic rings. The maximum atomic E-state index is 14.2. The summed E-state index contributed by atoms with van der Waals surface area (Å²) in [6.45, 7) is 4.46. The van der Waals surface area contributed by atoms with Gasteiger partial charge in [-0.15, -0.1) is 0 Å². The lowest BCUT2D eigenvalue weighted by molar-refractivity contribution is -0.129. The first-order chi connectivity index (χ1) is 18.8. The lowest BCUT2D eigenvalue weighted by atomic mass is 9.99. The topological polar surface area (TPSA) is 100 Å². The zero-order valence-electron chi connectivity index (χ0n) is 22.9. The van der Waals surface area contributed by atoms with E-state index >= 15 is 0 Å². The highest BCUT2D eigenvalue weighted by Gasteiger charge is 2.37. The molecule has 39 heavy (non-hydrogen) atoms. The molecule has 0 saturated heterocycles. The van der Waals surface area contributed by atoms with Crippen molar-refractivity contribution < 1.29 is 23.9 Å². The molecule has 0 radical (unpaired) electrons. The van der Waals surface area contributed by atoms with Crippen molar-refractivity contribution in [1.82, 2.24) is 10.6 Å². The number of ether oxygens (including phenoxy) is 2. The molecule has 9 heteroatoms. The molecule has 3 amide bonds. The molecule has 0 spiro atoms. The lowest BCUT2D eigenvalue weighted by Gasteiger charge is -2.27. The van der Waals surface area contributed by atoms with E-state index in [2.05, 4.69) is 16.7 Å². The van der Waals surface area contributed by atoms with Crippen LogP contribution in [0.15, 0.2) is 60.7 Å². The minimum atomic E-state index is -0.959. The summed E-state index contributed by atoms with van der Waals surface area (Å²) in [6.07, 6.45) is 0. The predicted octanol–water partition coefficient (Wildman–Crippen LogP) is 2.78. The summed E-state index contributed by atoms with van der Waals surface area (Å²) in [4.78, 5) is 43.7. The molecule has 3 aromatic carbocycles. The van der Waals surface area contributed by atoms with Crippen LogP contribution in [0.3, 0.4) is 0 Å². The summed E-state index contributed by atoms with van der Waals surface area (Å²) in [6, 6.07) is 18.0. The lowest BCUT2D eigenvalue weighted by Crippen LogP contribution is -2.56. The summed E-state index contributed by atoms with van der Waals surface area (Å²) in [7, 11) is 3.24. The van der Waals surface area contributed by atoms with Gasteiger partial charge in [0, 0.05) is 7.11 Å². The van der Waals surface area contributed by atoms with E-state index in [9.17, 15) is 14.4 Å². The number of para-hydroxylation sites is 2. The maximum absolute atomic E-state index is 14.2. The molecule has 1 aliphatic rings. The van der Waals surface area contributed by atoms with E-state index in [1.165, 1.54) is 4.90 Å². The van der Waals surface area contributed by atoms with Crippen molar-refractivity contribution in [3.63, 3.8) is 0 Å². The first-order valence-electron chi connectivity index (χ1n) is 13.1. The van der Waals surface area contributed by atoms with E-state index < -0.39 is 12.1 Å². The number of nitrogens with zero attached hydrogens (tertiary/aromatic N) is 2. The average Bonchev–Trinajstić information content (AvgIpc) is 3.06. The van der Waals surface area contributed by atoms with Gasteiger partial charge in [-0.1, -0.05) is 48.5 Å². The number of carbonyl (C=O) groups is 3. The Hall–Kier alpha value is -3.79. The number of anilines is 2. The molecule has 1 heterocycles. The molecule has 2 N–H and O–H groups in total. The summed E-state index contributed by atoms with van der Waals surface area (Å²) in [5, 5.41) is 7.91. The number of amides is 3. The Balaban J connectivity index is 1.77. The van der Waals surface area contributed by atoms with Crippen molar-refractivity contribution in [1.29, 1.82) is 0 Å². The molecule has 206 valence electrons. The number of nitrogens with one attached hydrogen (secondary N) is 2. The molecular weight excluding hydrogens is 496 g/mol. The van der Waals surface area contributed by atoms with Crippen molar-refractivity contribution in [3.05, 3.63) is 71.8 Å². The van der Waals surface area contributed by atoms with E-state index in [1.54, 1.807) is 26.0 Å². The highest BCUT2D eigenvalue weighted by molar-refractivity contribution is 6.08. The molecule has 4 rings (SSSR count). The molecule has 2 atom stereocenters. The van der Waals surface area contributed by atoms with Gasteiger partial charge >= 0.3 is 0 Å². The van der Waals surface area contributed by atoms with Gasteiger partial charge in [0.05, 0.1) is 43.7 Å². The third-order valence-electron chi connectivity index (χ3n) is 7.08. The number of hydrogen-bond acceptors (Lipinski definition) is 6. The first kappa shape index (κ1) is 28.2. The maximum Gasteiger partial charge on any atom is 0.253 e. The fourth-order valence-electron chi connectivity index (χ4n) is 4.71. The standard InChI is InChI=1S/C30H36N4O5/c1-20-13-14-22-9-5-6-10-23(22)24(20)17-34-27-12-8-7-11-26(27)33(28(35)19-39-16-15-38-4)18-25(30(34)37)32-29(36)21(2)31-3/h5-14,21,25,31H,15-19H2,1-4H3,(H,32,36)/t21-,25?/m0/s1. The number of hydrogen-bond donors (Lipinski definition) is 2. The predicted molar refractivity (Wildman–Crippen MR) is 152 cm³/mol. The molecular formula is C30H36N4O5. The number of fused-ring (bicyclic) bond motifs is 2. The van der Waals surface area contributed by atoms with Crippen LogP contribution in [0, 0.1) is 6.92 Å². The zero-order chi connectivity index (χ0) is 27.9. The van der Waals surface area contributed by atoms with Crippen molar-refractivity contribution in [3.8, 4) is 0 Å². The summed E-state index contributed by atoms with van der Waals surface area (Å²) in [5.74, 6) is -0.927. The van der Waals surface area contributed by atoms with E-state index in [0.717, 1.165) is 21.9 Å². The second-order valence-electron chi connectivity index (χ2n) is 9.62. The Labute approximate surface area is 229 Å². The van der Waals surface area contributed by atoms with Crippen LogP contribution in [0.5, 0.6) is 0 Å². The summed E-state index contributed by atoms with van der Waals surface area (Å²) < 4.78 is 10.5. The minimum absolute atomic E-state index is 0.0183. The molecule has 0 saturated carbocycles. The Morgan fingerprint density at radius 1 is 1.03 bits per heavy atom. The molecule has 0 aliphatic carbocycles. The molecule has 0 aromatic heterocycles. The fraction of sp³-hybridized carbons (Fsp3) is 0.367. The number of rotatable bonds is 10. The molecule has 1 aliphatic heterocycles. The smallest absolute Gasteiger partial charge is 0.253 e. The third kappa shape index (κ3) is 6.27. The van der Waals surface area contributed by atoms with Crippen molar-refractivity contribution >= 4 is 39.9 Å². The van der Waals surface area contributed by atoms with E-state index in [4.69, 9.17) is 9.47 Å². The van der Waals surface area contributed by atoms with Gasteiger partial charge in [0.2, 0.25) is 5.91 Å². The monoisotopic (exact) mass is 532 g/mol. The normalized spacial score (nSPS) is 16.1. The van der Waals surface area contributed by atoms with Gasteiger partial charge < -0.3 is 29.9 Å². The van der Waals surface area contributed by atoms with Gasteiger partial charge in [-0.3, -0.25) is 14.4 Å². The SMILES string of the molecule is CN[C@@H](C)C(=O)NC1CN(C(=O)COCCOC)c2ccccc2N(Cc2c(C)ccc3ccccc23)C1=O. The van der Waals surface area contributed by atoms with Crippen LogP contribution in [0.25, 0.3) is 10.8 Å². The second kappa shape index (κ2) is 12.8. The van der Waals surface area contributed by atoms with Gasteiger partial charge in [-0.05, 0) is 54.9 Å². The van der Waals surface area contributed by atoms with Gasteiger partial charge in [0.1, 0.15) is 12.6 Å². The van der Waals surface area contributed by atoms with Crippen molar-refractivity contribution in [2.24, 2.45) is 0 Å². The van der Waals surface area contributed by atoms with Gasteiger partial charge in [0.15, 0.2) is 0 Å². The van der Waals surface area contributed by atoms with E-state index in [1.807, 2.05) is 61.5 Å². The van der Waals surface area contributed by atoms with Gasteiger partial charge in [-0.2, -0.15) is 0 Å². The Bertz CT molecular complexity index is 1340. The van der Waals surface area contributed by atoms with Crippen LogP contribution in [-0.4, -0.2) is 70.3 Å². The Morgan fingerprint density at radius 3 is 2.49 bits per heavy atom. The highest BCUT2D eigenvalue weighted by atomic mass is 16.5. The number of carbonyl (C=O) groups excluding carboxylic acids is 3. The third-order valence-corrected chi connectivity index (χ3v) is 7.08. The van der Waals surface area contributed by atoms with E-state index in [0.29, 0.717) is 18.0 Å². The number of aryl methyl sites for hydroxylation is 1. The van der Waals surface area contributed by atoms with Crippen molar-refractivity contribution in [2.45, 2.75) is 32.5 Å². The van der Waals surface area contributed by atoms with Gasteiger partial charge in [-0.25, -0.2) is 0 Å². The number of methoxy groups -OCH3 is 1. The zero-order valence-corrected chi connectivity index (χ0v) is 22.9. The fourth-order valence-corrected chi connectivity index (χ4v) is 4.71. The summed E-state index contributed by atoms with van der Waals surface area (Å²) in [5.41, 5.74) is 3.24. The van der Waals surface area contributed by atoms with Crippen LogP contribution in [0.4, 0.5) is 11.4 Å². The van der Waals surface area contributed by atoms with E-state index in [-0.39, 0.29) is 44.0 Å². The average molecular weight is 533 g/mol. The molecule has 1 unspecified atom stereocenters. The molecule has 0 fully saturated rings.